The number of nitrogens with zero attached hydrogens (tertiary/aromatic N) is 2. The Morgan fingerprint density at radius 3 is 2.85 bits per heavy atom. The van der Waals surface area contributed by atoms with Crippen LogP contribution in [0.1, 0.15) is 64.1 Å². The molecule has 1 unspecified atom stereocenters. The van der Waals surface area contributed by atoms with Crippen LogP contribution in [0.2, 0.25) is 0 Å². The lowest BCUT2D eigenvalue weighted by atomic mass is 9.92. The van der Waals surface area contributed by atoms with Crippen molar-refractivity contribution in [3.63, 3.8) is 0 Å². The lowest BCUT2D eigenvalue weighted by Crippen LogP contribution is -2.48. The van der Waals surface area contributed by atoms with Crippen molar-refractivity contribution in [2.45, 2.75) is 72.3 Å². The number of fused-ring (bicyclic) bond motifs is 1. The summed E-state index contributed by atoms with van der Waals surface area (Å²) >= 11 is 0. The first kappa shape index (κ1) is 19.6. The number of amides is 2. The molecule has 0 saturated carbocycles. The molecule has 0 radical (unpaired) electrons. The van der Waals surface area contributed by atoms with Gasteiger partial charge in [0, 0.05) is 19.5 Å². The molecule has 2 aliphatic heterocycles. The predicted molar refractivity (Wildman–Crippen MR) is 108 cm³/mol. The number of hydrogen-bond acceptors (Lipinski definition) is 4. The normalized spacial score (nSPS) is 20.5. The molecule has 0 bridgehead atoms. The van der Waals surface area contributed by atoms with E-state index in [1.807, 2.05) is 6.92 Å². The zero-order chi connectivity index (χ0) is 19.6. The van der Waals surface area contributed by atoms with Crippen LogP contribution in [-0.4, -0.2) is 35.9 Å². The molecule has 2 aliphatic rings. The summed E-state index contributed by atoms with van der Waals surface area (Å²) in [7, 11) is 0. The van der Waals surface area contributed by atoms with Crippen molar-refractivity contribution < 1.29 is 9.59 Å². The molecule has 1 fully saturated rings. The van der Waals surface area contributed by atoms with E-state index >= 15 is 0 Å². The molecule has 6 heteroatoms. The maximum atomic E-state index is 12.5. The van der Waals surface area contributed by atoms with E-state index in [2.05, 4.69) is 42.4 Å². The van der Waals surface area contributed by atoms with Crippen LogP contribution in [-0.2, 0) is 16.0 Å². The second kappa shape index (κ2) is 7.87. The summed E-state index contributed by atoms with van der Waals surface area (Å²) < 4.78 is 0. The van der Waals surface area contributed by atoms with Crippen LogP contribution in [0.3, 0.4) is 0 Å². The zero-order valence-corrected chi connectivity index (χ0v) is 17.0. The first-order valence-corrected chi connectivity index (χ1v) is 10.1. The van der Waals surface area contributed by atoms with E-state index in [-0.39, 0.29) is 23.3 Å². The van der Waals surface area contributed by atoms with Crippen LogP contribution in [0.15, 0.2) is 6.07 Å². The average Bonchev–Trinajstić information content (AvgIpc) is 2.78. The first-order valence-electron chi connectivity index (χ1n) is 10.1. The third kappa shape index (κ3) is 4.79. The average molecular weight is 373 g/mol. The third-order valence-electron chi connectivity index (χ3n) is 5.22. The van der Waals surface area contributed by atoms with Gasteiger partial charge in [-0.15, -0.1) is 0 Å². The van der Waals surface area contributed by atoms with E-state index in [4.69, 9.17) is 4.98 Å². The number of carbonyl (C=O) groups excluding carboxylic acids is 2. The van der Waals surface area contributed by atoms with Crippen molar-refractivity contribution in [3.8, 4) is 0 Å². The maximum Gasteiger partial charge on any atom is 0.242 e. The molecule has 0 spiro atoms. The lowest BCUT2D eigenvalue weighted by Gasteiger charge is -2.36. The molecule has 6 nitrogen and oxygen atoms in total. The molecule has 2 N–H and O–H groups in total. The molecule has 1 saturated heterocycles. The fourth-order valence-corrected chi connectivity index (χ4v) is 3.94. The second-order valence-electron chi connectivity index (χ2n) is 9.00. The topological polar surface area (TPSA) is 74.3 Å². The summed E-state index contributed by atoms with van der Waals surface area (Å²) in [5.74, 6) is 0.768. The standard InChI is InChI=1S/C21H32N4O2/c1-14-12-17-15(23-19(14)24-18(26)13-21(2,3)4)8-7-11-25(17)16-9-5-6-10-22-20(16)27/h12,16H,5-11,13H2,1-4H3,(H,22,27)(H,23,24,26). The van der Waals surface area contributed by atoms with Gasteiger partial charge in [-0.25, -0.2) is 4.98 Å². The fourth-order valence-electron chi connectivity index (χ4n) is 3.94. The summed E-state index contributed by atoms with van der Waals surface area (Å²) in [6, 6.07) is 1.97. The molecule has 27 heavy (non-hydrogen) atoms. The second-order valence-corrected chi connectivity index (χ2v) is 9.00. The highest BCUT2D eigenvalue weighted by atomic mass is 16.2. The SMILES string of the molecule is Cc1cc2c(nc1NC(=O)CC(C)(C)C)CCCN2C1CCCCNC1=O. The van der Waals surface area contributed by atoms with Crippen molar-refractivity contribution in [2.75, 3.05) is 23.3 Å². The third-order valence-corrected chi connectivity index (χ3v) is 5.22. The Morgan fingerprint density at radius 1 is 1.33 bits per heavy atom. The Morgan fingerprint density at radius 2 is 2.11 bits per heavy atom. The minimum absolute atomic E-state index is 0.00568. The summed E-state index contributed by atoms with van der Waals surface area (Å²) in [4.78, 5) is 31.8. The molecule has 148 valence electrons. The number of carbonyl (C=O) groups is 2. The van der Waals surface area contributed by atoms with Gasteiger partial charge in [0.15, 0.2) is 0 Å². The molecule has 1 aromatic rings. The molecule has 1 atom stereocenters. The van der Waals surface area contributed by atoms with Crippen molar-refractivity contribution in [2.24, 2.45) is 5.41 Å². The smallest absolute Gasteiger partial charge is 0.242 e. The van der Waals surface area contributed by atoms with Gasteiger partial charge in [0.2, 0.25) is 11.8 Å². The number of hydrogen-bond donors (Lipinski definition) is 2. The molecular weight excluding hydrogens is 340 g/mol. The Balaban J connectivity index is 1.84. The van der Waals surface area contributed by atoms with Crippen LogP contribution in [0.4, 0.5) is 11.5 Å². The molecule has 3 heterocycles. The zero-order valence-electron chi connectivity index (χ0n) is 17.0. The Kier molecular flexibility index (Phi) is 5.72. The van der Waals surface area contributed by atoms with Crippen molar-refractivity contribution in [1.29, 1.82) is 0 Å². The van der Waals surface area contributed by atoms with Gasteiger partial charge in [0.05, 0.1) is 11.4 Å². The van der Waals surface area contributed by atoms with Crippen molar-refractivity contribution in [1.82, 2.24) is 10.3 Å². The molecule has 3 rings (SSSR count). The molecule has 0 aromatic carbocycles. The molecule has 2 amide bonds. The first-order chi connectivity index (χ1) is 12.7. The minimum atomic E-state index is -0.117. The molecule has 1 aromatic heterocycles. The molecular formula is C21H32N4O2. The summed E-state index contributed by atoms with van der Waals surface area (Å²) in [5.41, 5.74) is 2.91. The molecule has 0 aliphatic carbocycles. The number of aryl methyl sites for hydroxylation is 2. The van der Waals surface area contributed by atoms with Gasteiger partial charge in [-0.1, -0.05) is 20.8 Å². The number of aromatic nitrogens is 1. The van der Waals surface area contributed by atoms with Crippen molar-refractivity contribution in [3.05, 3.63) is 17.3 Å². The largest absolute Gasteiger partial charge is 0.358 e. The van der Waals surface area contributed by atoms with Gasteiger partial charge >= 0.3 is 0 Å². The van der Waals surface area contributed by atoms with Gasteiger partial charge in [0.25, 0.3) is 0 Å². The van der Waals surface area contributed by atoms with E-state index in [9.17, 15) is 9.59 Å². The Hall–Kier alpha value is -2.11. The summed E-state index contributed by atoms with van der Waals surface area (Å²) in [5, 5.41) is 6.02. The summed E-state index contributed by atoms with van der Waals surface area (Å²) in [6.07, 6.45) is 5.29. The van der Waals surface area contributed by atoms with Crippen LogP contribution < -0.4 is 15.5 Å². The van der Waals surface area contributed by atoms with Crippen molar-refractivity contribution >= 4 is 23.3 Å². The van der Waals surface area contributed by atoms with Gasteiger partial charge in [-0.3, -0.25) is 9.59 Å². The van der Waals surface area contributed by atoms with Crippen LogP contribution >= 0.6 is 0 Å². The van der Waals surface area contributed by atoms with E-state index in [0.29, 0.717) is 12.2 Å². The number of anilines is 2. The van der Waals surface area contributed by atoms with Gasteiger partial charge in [-0.2, -0.15) is 0 Å². The predicted octanol–water partition coefficient (Wildman–Crippen LogP) is 3.19. The van der Waals surface area contributed by atoms with Gasteiger partial charge in [0.1, 0.15) is 11.9 Å². The maximum absolute atomic E-state index is 12.5. The van der Waals surface area contributed by atoms with Crippen LogP contribution in [0.25, 0.3) is 0 Å². The minimum Gasteiger partial charge on any atom is -0.358 e. The van der Waals surface area contributed by atoms with Gasteiger partial charge < -0.3 is 15.5 Å². The lowest BCUT2D eigenvalue weighted by molar-refractivity contribution is -0.122. The van der Waals surface area contributed by atoms with Crippen LogP contribution in [0.5, 0.6) is 0 Å². The highest BCUT2D eigenvalue weighted by molar-refractivity contribution is 5.91. The number of rotatable bonds is 3. The van der Waals surface area contributed by atoms with Gasteiger partial charge in [-0.05, 0) is 56.1 Å². The monoisotopic (exact) mass is 372 g/mol. The Bertz CT molecular complexity index is 724. The van der Waals surface area contributed by atoms with E-state index < -0.39 is 0 Å². The number of pyridine rings is 1. The summed E-state index contributed by atoms with van der Waals surface area (Å²) in [6.45, 7) is 9.77. The van der Waals surface area contributed by atoms with E-state index in [1.165, 1.54) is 0 Å². The quantitative estimate of drug-likeness (QED) is 0.854. The van der Waals surface area contributed by atoms with E-state index in [0.717, 1.165) is 62.1 Å². The van der Waals surface area contributed by atoms with E-state index in [1.54, 1.807) is 0 Å². The highest BCUT2D eigenvalue weighted by Gasteiger charge is 2.31. The fraction of sp³-hybridized carbons (Fsp3) is 0.667. The Labute approximate surface area is 162 Å². The van der Waals surface area contributed by atoms with Crippen LogP contribution in [0, 0.1) is 12.3 Å². The highest BCUT2D eigenvalue weighted by Crippen LogP contribution is 2.33. The number of nitrogens with one attached hydrogen (secondary N) is 2.